The first-order valence-corrected chi connectivity index (χ1v) is 6.32. The molecule has 0 aromatic heterocycles. The molecule has 1 aromatic carbocycles. The number of hydrogen-bond acceptors (Lipinski definition) is 4. The molecule has 1 rings (SSSR count). The van der Waals surface area contributed by atoms with Crippen molar-refractivity contribution in [1.82, 2.24) is 0 Å². The molecule has 0 aliphatic rings. The van der Waals surface area contributed by atoms with Gasteiger partial charge in [-0.1, -0.05) is 13.8 Å². The Hall–Kier alpha value is -1.55. The zero-order valence-corrected chi connectivity index (χ0v) is 11.6. The van der Waals surface area contributed by atoms with Gasteiger partial charge in [0.25, 0.3) is 0 Å². The number of hydrogen-bond donors (Lipinski definition) is 2. The Labute approximate surface area is 109 Å². The minimum atomic E-state index is -0.316. The third-order valence-corrected chi connectivity index (χ3v) is 2.08. The first-order chi connectivity index (χ1) is 8.67. The van der Waals surface area contributed by atoms with E-state index in [1.165, 1.54) is 0 Å². The topological polar surface area (TPSA) is 58.6 Å². The molecule has 18 heavy (non-hydrogen) atoms. The molecule has 0 saturated carbocycles. The average Bonchev–Trinajstić information content (AvgIpc) is 2.42. The number of esters is 1. The smallest absolute Gasteiger partial charge is 0.338 e. The lowest BCUT2D eigenvalue weighted by Crippen LogP contribution is -2.19. The minimum Gasteiger partial charge on any atom is -0.462 e. The van der Waals surface area contributed by atoms with Gasteiger partial charge in [-0.05, 0) is 38.1 Å². The van der Waals surface area contributed by atoms with Crippen molar-refractivity contribution in [2.75, 3.05) is 18.5 Å². The molecular formula is C14H23NO3. The quantitative estimate of drug-likeness (QED) is 0.792. The number of aliphatic hydroxyl groups is 1. The SMILES string of the molecule is CC.CCOC(=O)c1ccc(NC(C)CO)cc1. The van der Waals surface area contributed by atoms with Gasteiger partial charge in [-0.15, -0.1) is 0 Å². The predicted molar refractivity (Wildman–Crippen MR) is 73.9 cm³/mol. The van der Waals surface area contributed by atoms with E-state index < -0.39 is 0 Å². The van der Waals surface area contributed by atoms with Crippen LogP contribution in [0.4, 0.5) is 5.69 Å². The fourth-order valence-electron chi connectivity index (χ4n) is 1.25. The van der Waals surface area contributed by atoms with E-state index in [9.17, 15) is 4.79 Å². The summed E-state index contributed by atoms with van der Waals surface area (Å²) >= 11 is 0. The number of carbonyl (C=O) groups is 1. The second kappa shape index (κ2) is 9.48. The van der Waals surface area contributed by atoms with Crippen molar-refractivity contribution in [2.24, 2.45) is 0 Å². The molecule has 102 valence electrons. The summed E-state index contributed by atoms with van der Waals surface area (Å²) in [6.07, 6.45) is 0. The highest BCUT2D eigenvalue weighted by molar-refractivity contribution is 5.89. The van der Waals surface area contributed by atoms with Crippen LogP contribution in [-0.2, 0) is 4.74 Å². The molecule has 0 radical (unpaired) electrons. The molecule has 0 bridgehead atoms. The summed E-state index contributed by atoms with van der Waals surface area (Å²) in [6, 6.07) is 6.97. The van der Waals surface area contributed by atoms with Gasteiger partial charge in [0.15, 0.2) is 0 Å². The standard InChI is InChI=1S/C12H17NO3.C2H6/c1-3-16-12(15)10-4-6-11(7-5-10)13-9(2)8-14;1-2/h4-7,9,13-14H,3,8H2,1-2H3;1-2H3. The number of benzene rings is 1. The number of ether oxygens (including phenoxy) is 1. The lowest BCUT2D eigenvalue weighted by atomic mass is 10.2. The van der Waals surface area contributed by atoms with Crippen LogP contribution in [-0.4, -0.2) is 30.3 Å². The van der Waals surface area contributed by atoms with Gasteiger partial charge in [-0.3, -0.25) is 0 Å². The van der Waals surface area contributed by atoms with Crippen LogP contribution in [0.25, 0.3) is 0 Å². The Morgan fingerprint density at radius 2 is 1.89 bits per heavy atom. The Morgan fingerprint density at radius 3 is 2.33 bits per heavy atom. The van der Waals surface area contributed by atoms with Crippen LogP contribution in [0.3, 0.4) is 0 Å². The second-order valence-electron chi connectivity index (χ2n) is 3.53. The molecule has 0 saturated heterocycles. The fraction of sp³-hybridized carbons (Fsp3) is 0.500. The van der Waals surface area contributed by atoms with Crippen LogP contribution in [0.5, 0.6) is 0 Å². The van der Waals surface area contributed by atoms with E-state index in [2.05, 4.69) is 5.32 Å². The molecule has 4 nitrogen and oxygen atoms in total. The van der Waals surface area contributed by atoms with Crippen LogP contribution >= 0.6 is 0 Å². The number of rotatable bonds is 5. The summed E-state index contributed by atoms with van der Waals surface area (Å²) in [5, 5.41) is 12.0. The van der Waals surface area contributed by atoms with E-state index in [1.807, 2.05) is 20.8 Å². The lowest BCUT2D eigenvalue weighted by molar-refractivity contribution is 0.0526. The first kappa shape index (κ1) is 16.4. The molecule has 0 aliphatic heterocycles. The van der Waals surface area contributed by atoms with Gasteiger partial charge in [0.2, 0.25) is 0 Å². The van der Waals surface area contributed by atoms with E-state index in [1.54, 1.807) is 31.2 Å². The summed E-state index contributed by atoms with van der Waals surface area (Å²) in [5.41, 5.74) is 1.40. The van der Waals surface area contributed by atoms with E-state index in [4.69, 9.17) is 9.84 Å². The summed E-state index contributed by atoms with van der Waals surface area (Å²) < 4.78 is 4.87. The molecule has 1 atom stereocenters. The van der Waals surface area contributed by atoms with Gasteiger partial charge in [-0.2, -0.15) is 0 Å². The molecule has 0 fully saturated rings. The number of carbonyl (C=O) groups excluding carboxylic acids is 1. The summed E-state index contributed by atoms with van der Waals surface area (Å²) in [5.74, 6) is -0.316. The molecule has 0 heterocycles. The van der Waals surface area contributed by atoms with Crippen LogP contribution < -0.4 is 5.32 Å². The molecule has 2 N–H and O–H groups in total. The van der Waals surface area contributed by atoms with Crippen LogP contribution in [0.15, 0.2) is 24.3 Å². The van der Waals surface area contributed by atoms with Crippen LogP contribution in [0.1, 0.15) is 38.1 Å². The largest absolute Gasteiger partial charge is 0.462 e. The van der Waals surface area contributed by atoms with E-state index in [0.717, 1.165) is 5.69 Å². The lowest BCUT2D eigenvalue weighted by Gasteiger charge is -2.12. The van der Waals surface area contributed by atoms with E-state index >= 15 is 0 Å². The van der Waals surface area contributed by atoms with Crippen molar-refractivity contribution in [1.29, 1.82) is 0 Å². The van der Waals surface area contributed by atoms with E-state index in [-0.39, 0.29) is 18.6 Å². The average molecular weight is 253 g/mol. The number of aliphatic hydroxyl groups excluding tert-OH is 1. The van der Waals surface area contributed by atoms with Gasteiger partial charge in [0.05, 0.1) is 18.8 Å². The van der Waals surface area contributed by atoms with Crippen molar-refractivity contribution in [3.63, 3.8) is 0 Å². The summed E-state index contributed by atoms with van der Waals surface area (Å²) in [6.45, 7) is 8.09. The maximum absolute atomic E-state index is 11.4. The van der Waals surface area contributed by atoms with Crippen molar-refractivity contribution in [3.8, 4) is 0 Å². The third kappa shape index (κ3) is 5.68. The Kier molecular flexibility index (Phi) is 8.66. The van der Waals surface area contributed by atoms with Crippen LogP contribution in [0.2, 0.25) is 0 Å². The highest BCUT2D eigenvalue weighted by Crippen LogP contribution is 2.11. The normalized spacial score (nSPS) is 10.9. The summed E-state index contributed by atoms with van der Waals surface area (Å²) in [7, 11) is 0. The monoisotopic (exact) mass is 253 g/mol. The Morgan fingerprint density at radius 1 is 1.33 bits per heavy atom. The van der Waals surface area contributed by atoms with E-state index in [0.29, 0.717) is 12.2 Å². The molecule has 1 unspecified atom stereocenters. The van der Waals surface area contributed by atoms with Crippen molar-refractivity contribution in [2.45, 2.75) is 33.7 Å². The molecular weight excluding hydrogens is 230 g/mol. The third-order valence-electron chi connectivity index (χ3n) is 2.08. The number of anilines is 1. The van der Waals surface area contributed by atoms with Crippen LogP contribution in [0, 0.1) is 0 Å². The van der Waals surface area contributed by atoms with Crippen molar-refractivity contribution in [3.05, 3.63) is 29.8 Å². The van der Waals surface area contributed by atoms with Gasteiger partial charge < -0.3 is 15.2 Å². The molecule has 0 spiro atoms. The first-order valence-electron chi connectivity index (χ1n) is 6.32. The molecule has 0 amide bonds. The predicted octanol–water partition coefficient (Wildman–Crippen LogP) is 2.68. The summed E-state index contributed by atoms with van der Waals surface area (Å²) in [4.78, 5) is 11.4. The van der Waals surface area contributed by atoms with Crippen molar-refractivity contribution >= 4 is 11.7 Å². The number of nitrogens with one attached hydrogen (secondary N) is 1. The fourth-order valence-corrected chi connectivity index (χ4v) is 1.25. The zero-order valence-electron chi connectivity index (χ0n) is 11.6. The van der Waals surface area contributed by atoms with Gasteiger partial charge in [0.1, 0.15) is 0 Å². The Balaban J connectivity index is 0.00000137. The molecule has 0 aliphatic carbocycles. The molecule has 4 heteroatoms. The van der Waals surface area contributed by atoms with Crippen molar-refractivity contribution < 1.29 is 14.6 Å². The van der Waals surface area contributed by atoms with Gasteiger partial charge >= 0.3 is 5.97 Å². The second-order valence-corrected chi connectivity index (χ2v) is 3.53. The Bertz CT molecular complexity index is 335. The molecule has 1 aromatic rings. The minimum absolute atomic E-state index is 0.00607. The highest BCUT2D eigenvalue weighted by Gasteiger charge is 2.06. The maximum Gasteiger partial charge on any atom is 0.338 e. The highest BCUT2D eigenvalue weighted by atomic mass is 16.5. The zero-order chi connectivity index (χ0) is 14.0. The van der Waals surface area contributed by atoms with Gasteiger partial charge in [0, 0.05) is 11.7 Å². The van der Waals surface area contributed by atoms with Gasteiger partial charge in [-0.25, -0.2) is 4.79 Å². The maximum atomic E-state index is 11.4.